The highest BCUT2D eigenvalue weighted by atomic mass is 19.1. The van der Waals surface area contributed by atoms with Gasteiger partial charge in [0.1, 0.15) is 5.82 Å². The topological polar surface area (TPSA) is 38.8 Å². The fourth-order valence-corrected chi connectivity index (χ4v) is 3.80. The molecule has 2 fully saturated rings. The van der Waals surface area contributed by atoms with Crippen LogP contribution >= 0.6 is 0 Å². The summed E-state index contributed by atoms with van der Waals surface area (Å²) in [7, 11) is 3.95. The number of carbonyl (C=O) groups excluding carboxylic acids is 1. The molecule has 0 aromatic heterocycles. The fourth-order valence-electron chi connectivity index (χ4n) is 3.80. The van der Waals surface area contributed by atoms with Crippen molar-refractivity contribution in [3.05, 3.63) is 24.0 Å². The van der Waals surface area contributed by atoms with Gasteiger partial charge in [0.15, 0.2) is 0 Å². The van der Waals surface area contributed by atoms with Crippen molar-refractivity contribution in [1.82, 2.24) is 9.80 Å². The molecule has 138 valence electrons. The van der Waals surface area contributed by atoms with Crippen LogP contribution in [-0.2, 0) is 0 Å². The summed E-state index contributed by atoms with van der Waals surface area (Å²) in [6.45, 7) is 5.07. The fraction of sp³-hybridized carbons (Fsp3) is 0.632. The molecule has 6 heteroatoms. The third kappa shape index (κ3) is 4.24. The quantitative estimate of drug-likeness (QED) is 0.910. The van der Waals surface area contributed by atoms with Crippen molar-refractivity contribution < 1.29 is 9.18 Å². The van der Waals surface area contributed by atoms with E-state index in [1.807, 2.05) is 13.1 Å². The Morgan fingerprint density at radius 3 is 2.64 bits per heavy atom. The Morgan fingerprint density at radius 1 is 1.24 bits per heavy atom. The zero-order chi connectivity index (χ0) is 18.0. The molecule has 2 unspecified atom stereocenters. The maximum absolute atomic E-state index is 14.0. The number of nitrogens with one attached hydrogen (secondary N) is 1. The van der Waals surface area contributed by atoms with E-state index in [9.17, 15) is 9.18 Å². The Kier molecular flexibility index (Phi) is 5.47. The first-order valence-electron chi connectivity index (χ1n) is 9.23. The van der Waals surface area contributed by atoms with Crippen LogP contribution in [0.3, 0.4) is 0 Å². The molecule has 0 saturated carbocycles. The number of likely N-dealkylation sites (tertiary alicyclic amines) is 1. The lowest BCUT2D eigenvalue weighted by molar-refractivity contribution is 0.120. The monoisotopic (exact) mass is 348 g/mol. The molecule has 2 aliphatic heterocycles. The predicted octanol–water partition coefficient (Wildman–Crippen LogP) is 3.37. The van der Waals surface area contributed by atoms with Gasteiger partial charge in [-0.1, -0.05) is 0 Å². The third-order valence-corrected chi connectivity index (χ3v) is 5.65. The molecule has 0 spiro atoms. The molecule has 2 aliphatic rings. The van der Waals surface area contributed by atoms with Crippen LogP contribution in [-0.4, -0.2) is 61.6 Å². The van der Waals surface area contributed by atoms with Crippen molar-refractivity contribution in [2.45, 2.75) is 44.7 Å². The zero-order valence-corrected chi connectivity index (χ0v) is 15.5. The Hall–Kier alpha value is -1.82. The van der Waals surface area contributed by atoms with Gasteiger partial charge in [0.05, 0.1) is 0 Å². The summed E-state index contributed by atoms with van der Waals surface area (Å²) < 4.78 is 14.0. The normalized spacial score (nSPS) is 24.4. The largest absolute Gasteiger partial charge is 0.371 e. The summed E-state index contributed by atoms with van der Waals surface area (Å²) in [5, 5.41) is 2.88. The SMILES string of the molecule is CC1CC(N(C)C(=O)Nc2cc(F)cc(N3CCCC3)c2)CCN1C. The summed E-state index contributed by atoms with van der Waals surface area (Å²) >= 11 is 0. The summed E-state index contributed by atoms with van der Waals surface area (Å²) in [6.07, 6.45) is 4.19. The van der Waals surface area contributed by atoms with Crippen LogP contribution in [0.2, 0.25) is 0 Å². The maximum Gasteiger partial charge on any atom is 0.321 e. The van der Waals surface area contributed by atoms with Crippen LogP contribution in [0.15, 0.2) is 18.2 Å². The zero-order valence-electron chi connectivity index (χ0n) is 15.5. The smallest absolute Gasteiger partial charge is 0.321 e. The summed E-state index contributed by atoms with van der Waals surface area (Å²) in [6, 6.07) is 5.33. The van der Waals surface area contributed by atoms with Gasteiger partial charge in [-0.25, -0.2) is 9.18 Å². The molecule has 0 bridgehead atoms. The van der Waals surface area contributed by atoms with E-state index in [0.29, 0.717) is 11.7 Å². The Labute approximate surface area is 149 Å². The Morgan fingerprint density at radius 2 is 1.96 bits per heavy atom. The van der Waals surface area contributed by atoms with E-state index < -0.39 is 0 Å². The van der Waals surface area contributed by atoms with E-state index in [1.165, 1.54) is 6.07 Å². The summed E-state index contributed by atoms with van der Waals surface area (Å²) in [5.41, 5.74) is 1.38. The van der Waals surface area contributed by atoms with Crippen LogP contribution in [0.1, 0.15) is 32.6 Å². The number of anilines is 2. The van der Waals surface area contributed by atoms with Crippen LogP contribution in [0, 0.1) is 5.82 Å². The lowest BCUT2D eigenvalue weighted by atomic mass is 9.98. The van der Waals surface area contributed by atoms with E-state index in [-0.39, 0.29) is 17.9 Å². The van der Waals surface area contributed by atoms with Crippen molar-refractivity contribution in [2.24, 2.45) is 0 Å². The number of rotatable bonds is 3. The average molecular weight is 348 g/mol. The van der Waals surface area contributed by atoms with Crippen molar-refractivity contribution in [1.29, 1.82) is 0 Å². The maximum atomic E-state index is 14.0. The minimum absolute atomic E-state index is 0.167. The van der Waals surface area contributed by atoms with Gasteiger partial charge < -0.3 is 20.0 Å². The highest BCUT2D eigenvalue weighted by Crippen LogP contribution is 2.26. The summed E-state index contributed by atoms with van der Waals surface area (Å²) in [5.74, 6) is -0.310. The van der Waals surface area contributed by atoms with E-state index in [0.717, 1.165) is 51.0 Å². The van der Waals surface area contributed by atoms with E-state index in [4.69, 9.17) is 0 Å². The molecule has 1 aromatic carbocycles. The molecule has 1 N–H and O–H groups in total. The molecule has 0 aliphatic carbocycles. The van der Waals surface area contributed by atoms with Gasteiger partial charge in [0.25, 0.3) is 0 Å². The first-order chi connectivity index (χ1) is 11.9. The van der Waals surface area contributed by atoms with Crippen molar-refractivity contribution in [3.63, 3.8) is 0 Å². The van der Waals surface area contributed by atoms with E-state index in [1.54, 1.807) is 11.0 Å². The van der Waals surface area contributed by atoms with Gasteiger partial charge in [-0.05, 0) is 57.9 Å². The molecular formula is C19H29FN4O. The molecule has 2 saturated heterocycles. The van der Waals surface area contributed by atoms with Crippen molar-refractivity contribution >= 4 is 17.4 Å². The predicted molar refractivity (Wildman–Crippen MR) is 99.7 cm³/mol. The number of halogens is 1. The highest BCUT2D eigenvalue weighted by Gasteiger charge is 2.28. The number of nitrogens with zero attached hydrogens (tertiary/aromatic N) is 3. The first kappa shape index (κ1) is 18.0. The molecule has 0 radical (unpaired) electrons. The van der Waals surface area contributed by atoms with Crippen molar-refractivity contribution in [3.8, 4) is 0 Å². The highest BCUT2D eigenvalue weighted by molar-refractivity contribution is 5.90. The average Bonchev–Trinajstić information content (AvgIpc) is 3.10. The number of urea groups is 1. The molecular weight excluding hydrogens is 319 g/mol. The lowest BCUT2D eigenvalue weighted by Gasteiger charge is -2.39. The van der Waals surface area contributed by atoms with E-state index >= 15 is 0 Å². The number of amides is 2. The summed E-state index contributed by atoms with van der Waals surface area (Å²) in [4.78, 5) is 18.9. The second-order valence-corrected chi connectivity index (χ2v) is 7.44. The first-order valence-corrected chi connectivity index (χ1v) is 9.23. The lowest BCUT2D eigenvalue weighted by Crippen LogP contribution is -2.49. The number of hydrogen-bond donors (Lipinski definition) is 1. The van der Waals surface area contributed by atoms with Crippen LogP contribution in [0.25, 0.3) is 0 Å². The minimum Gasteiger partial charge on any atom is -0.371 e. The van der Waals surface area contributed by atoms with Gasteiger partial charge in [0.2, 0.25) is 0 Å². The van der Waals surface area contributed by atoms with Crippen LogP contribution in [0.4, 0.5) is 20.6 Å². The second-order valence-electron chi connectivity index (χ2n) is 7.44. The molecule has 1 aromatic rings. The van der Waals surface area contributed by atoms with Gasteiger partial charge in [0, 0.05) is 50.1 Å². The molecule has 2 atom stereocenters. The standard InChI is InChI=1S/C19H29FN4O/c1-14-10-17(6-9-22(14)2)23(3)19(25)21-16-11-15(20)12-18(13-16)24-7-4-5-8-24/h11-14,17H,4-10H2,1-3H3,(H,21,25). The third-order valence-electron chi connectivity index (χ3n) is 5.65. The Bertz CT molecular complexity index is 617. The molecule has 2 heterocycles. The molecule has 2 amide bonds. The van der Waals surface area contributed by atoms with Crippen LogP contribution < -0.4 is 10.2 Å². The second kappa shape index (κ2) is 7.60. The molecule has 5 nitrogen and oxygen atoms in total. The minimum atomic E-state index is -0.310. The van der Waals surface area contributed by atoms with Gasteiger partial charge in [-0.3, -0.25) is 0 Å². The van der Waals surface area contributed by atoms with Crippen LogP contribution in [0.5, 0.6) is 0 Å². The number of benzene rings is 1. The molecule has 3 rings (SSSR count). The van der Waals surface area contributed by atoms with Gasteiger partial charge >= 0.3 is 6.03 Å². The van der Waals surface area contributed by atoms with Gasteiger partial charge in [-0.2, -0.15) is 0 Å². The number of hydrogen-bond acceptors (Lipinski definition) is 3. The number of piperidine rings is 1. The van der Waals surface area contributed by atoms with Gasteiger partial charge in [-0.15, -0.1) is 0 Å². The van der Waals surface area contributed by atoms with E-state index in [2.05, 4.69) is 29.1 Å². The Balaban J connectivity index is 1.66. The molecule has 25 heavy (non-hydrogen) atoms. The number of carbonyl (C=O) groups is 1. The van der Waals surface area contributed by atoms with Crippen molar-refractivity contribution in [2.75, 3.05) is 43.9 Å².